The molecular weight excluding hydrogens is 739 g/mol. The van der Waals surface area contributed by atoms with E-state index < -0.39 is 29.7 Å². The summed E-state index contributed by atoms with van der Waals surface area (Å²) in [5, 5.41) is 11.2. The molecule has 5 heterocycles. The number of nitrogens with zero attached hydrogens (tertiary/aromatic N) is 6. The van der Waals surface area contributed by atoms with Crippen molar-refractivity contribution >= 4 is 52.1 Å². The number of aromatic nitrogens is 4. The molecule has 5 aromatic rings. The summed E-state index contributed by atoms with van der Waals surface area (Å²) in [6.07, 6.45) is 8.24. The molecule has 58 heavy (non-hydrogen) atoms. The van der Waals surface area contributed by atoms with Gasteiger partial charge in [0.05, 0.1) is 22.6 Å². The number of unbranched alkanes of at least 4 members (excludes halogenated alkanes) is 4. The molecule has 15 nitrogen and oxygen atoms in total. The maximum absolute atomic E-state index is 13.4. The van der Waals surface area contributed by atoms with E-state index in [0.29, 0.717) is 60.0 Å². The van der Waals surface area contributed by atoms with Gasteiger partial charge in [-0.15, -0.1) is 0 Å². The van der Waals surface area contributed by atoms with Crippen molar-refractivity contribution < 1.29 is 28.7 Å². The molecule has 8 rings (SSSR count). The number of carbonyl (C=O) groups is 5. The Morgan fingerprint density at radius 1 is 0.862 bits per heavy atom. The lowest BCUT2D eigenvalue weighted by atomic mass is 10.0. The van der Waals surface area contributed by atoms with Crippen molar-refractivity contribution in [2.24, 2.45) is 0 Å². The number of nitrogens with two attached hydrogens (primary N) is 1. The zero-order valence-electron chi connectivity index (χ0n) is 32.1. The predicted octanol–water partition coefficient (Wildman–Crippen LogP) is 5.89. The topological polar surface area (TPSA) is 195 Å². The van der Waals surface area contributed by atoms with E-state index in [0.717, 1.165) is 61.2 Å². The van der Waals surface area contributed by atoms with Crippen LogP contribution in [0.2, 0.25) is 0 Å². The second-order valence-electron chi connectivity index (χ2n) is 14.9. The van der Waals surface area contributed by atoms with Crippen molar-refractivity contribution in [2.45, 2.75) is 76.3 Å². The Morgan fingerprint density at radius 2 is 1.64 bits per heavy atom. The summed E-state index contributed by atoms with van der Waals surface area (Å²) in [5.74, 6) is -0.152. The molecule has 2 unspecified atom stereocenters. The van der Waals surface area contributed by atoms with Crippen LogP contribution in [-0.4, -0.2) is 84.8 Å². The largest absolute Gasteiger partial charge is 0.457 e. The predicted molar refractivity (Wildman–Crippen MR) is 216 cm³/mol. The molecule has 2 aromatic heterocycles. The smallest absolute Gasteiger partial charge is 0.264 e. The van der Waals surface area contributed by atoms with Gasteiger partial charge < -0.3 is 20.7 Å². The molecule has 3 aliphatic rings. The van der Waals surface area contributed by atoms with Crippen molar-refractivity contribution in [2.75, 3.05) is 30.7 Å². The van der Waals surface area contributed by atoms with Crippen LogP contribution in [0.15, 0.2) is 79.1 Å². The van der Waals surface area contributed by atoms with Gasteiger partial charge in [-0.1, -0.05) is 43.5 Å². The number of hydrogen-bond acceptors (Lipinski definition) is 11. The standard InChI is InChI=1S/C43H45N9O6/c44-39-37-38(27-17-19-30(20-18-27)58-29-12-5-4-6-13-29)49-52(40(37)47-26-46-39)28-11-10-24-50(25-28)35(54)16-7-2-1-3-8-23-45-32-15-9-14-31-36(32)43(57)51(42(31)56)33-21-22-34(53)48-41(33)55/h4-6,9,12-15,17-20,26,28,33,45H,1-3,7-8,10-11,16,21-25H2,(H2,44,46,47)(H,48,53,55). The van der Waals surface area contributed by atoms with Crippen LogP contribution in [0.3, 0.4) is 0 Å². The fraction of sp³-hybridized carbons (Fsp3) is 0.349. The van der Waals surface area contributed by atoms with Gasteiger partial charge >= 0.3 is 0 Å². The lowest BCUT2D eigenvalue weighted by Gasteiger charge is -2.33. The fourth-order valence-corrected chi connectivity index (χ4v) is 8.11. The highest BCUT2D eigenvalue weighted by molar-refractivity contribution is 6.25. The van der Waals surface area contributed by atoms with Crippen LogP contribution in [0.1, 0.15) is 91.0 Å². The van der Waals surface area contributed by atoms with E-state index >= 15 is 0 Å². The molecule has 2 saturated heterocycles. The van der Waals surface area contributed by atoms with Gasteiger partial charge in [-0.05, 0) is 80.6 Å². The molecular formula is C43H45N9O6. The molecule has 298 valence electrons. The van der Waals surface area contributed by atoms with E-state index in [1.807, 2.05) is 64.2 Å². The highest BCUT2D eigenvalue weighted by atomic mass is 16.5. The van der Waals surface area contributed by atoms with Crippen molar-refractivity contribution in [1.29, 1.82) is 0 Å². The highest BCUT2D eigenvalue weighted by Gasteiger charge is 2.45. The molecule has 3 aliphatic heterocycles. The molecule has 15 heteroatoms. The summed E-state index contributed by atoms with van der Waals surface area (Å²) in [4.78, 5) is 75.7. The number of carbonyl (C=O) groups excluding carboxylic acids is 5. The monoisotopic (exact) mass is 783 g/mol. The molecule has 0 saturated carbocycles. The summed E-state index contributed by atoms with van der Waals surface area (Å²) < 4.78 is 7.89. The molecule has 2 atom stereocenters. The van der Waals surface area contributed by atoms with Gasteiger partial charge in [-0.2, -0.15) is 5.10 Å². The van der Waals surface area contributed by atoms with E-state index in [1.165, 1.54) is 6.33 Å². The second kappa shape index (κ2) is 16.8. The van der Waals surface area contributed by atoms with Gasteiger partial charge in [0.15, 0.2) is 5.65 Å². The number of rotatable bonds is 14. The van der Waals surface area contributed by atoms with Gasteiger partial charge in [0.1, 0.15) is 35.4 Å². The van der Waals surface area contributed by atoms with Crippen LogP contribution in [0.4, 0.5) is 11.5 Å². The first-order chi connectivity index (χ1) is 28.3. The maximum Gasteiger partial charge on any atom is 0.264 e. The van der Waals surface area contributed by atoms with E-state index in [9.17, 15) is 24.0 Å². The second-order valence-corrected chi connectivity index (χ2v) is 14.9. The van der Waals surface area contributed by atoms with Crippen LogP contribution in [-0.2, 0) is 14.4 Å². The molecule has 2 fully saturated rings. The number of piperidine rings is 2. The third-order valence-electron chi connectivity index (χ3n) is 11.1. The zero-order chi connectivity index (χ0) is 40.2. The number of likely N-dealkylation sites (tertiary alicyclic amines) is 1. The van der Waals surface area contributed by atoms with Gasteiger partial charge in [0.25, 0.3) is 11.8 Å². The van der Waals surface area contributed by atoms with Crippen molar-refractivity contribution in [3.8, 4) is 22.8 Å². The van der Waals surface area contributed by atoms with Gasteiger partial charge in [-0.25, -0.2) is 14.6 Å². The van der Waals surface area contributed by atoms with Crippen LogP contribution in [0.5, 0.6) is 11.5 Å². The average Bonchev–Trinajstić information content (AvgIpc) is 3.75. The molecule has 5 amide bonds. The summed E-state index contributed by atoms with van der Waals surface area (Å²) in [6.45, 7) is 1.84. The minimum atomic E-state index is -1.00. The number of hydrogen-bond donors (Lipinski definition) is 3. The molecule has 0 bridgehead atoms. The Hall–Kier alpha value is -6.64. The first kappa shape index (κ1) is 38.2. The van der Waals surface area contributed by atoms with Crippen molar-refractivity contribution in [1.82, 2.24) is 34.9 Å². The van der Waals surface area contributed by atoms with Crippen LogP contribution >= 0.6 is 0 Å². The van der Waals surface area contributed by atoms with E-state index in [2.05, 4.69) is 20.6 Å². The van der Waals surface area contributed by atoms with Crippen molar-refractivity contribution in [3.05, 3.63) is 90.3 Å². The molecule has 0 radical (unpaired) electrons. The fourth-order valence-electron chi connectivity index (χ4n) is 8.11. The number of benzene rings is 3. The quantitative estimate of drug-likeness (QED) is 0.0899. The number of para-hydroxylation sites is 1. The highest BCUT2D eigenvalue weighted by Crippen LogP contribution is 2.36. The number of ether oxygens (including phenoxy) is 1. The van der Waals surface area contributed by atoms with Gasteiger partial charge in [0.2, 0.25) is 17.7 Å². The lowest BCUT2D eigenvalue weighted by molar-refractivity contribution is -0.136. The summed E-state index contributed by atoms with van der Waals surface area (Å²) in [6, 6.07) is 21.3. The minimum Gasteiger partial charge on any atom is -0.457 e. The molecule has 4 N–H and O–H groups in total. The number of imide groups is 2. The average molecular weight is 784 g/mol. The zero-order valence-corrected chi connectivity index (χ0v) is 32.1. The van der Waals surface area contributed by atoms with Crippen molar-refractivity contribution in [3.63, 3.8) is 0 Å². The third-order valence-corrected chi connectivity index (χ3v) is 11.1. The number of nitrogen functional groups attached to an aromatic ring is 1. The van der Waals surface area contributed by atoms with Gasteiger partial charge in [-0.3, -0.25) is 34.2 Å². The summed E-state index contributed by atoms with van der Waals surface area (Å²) >= 11 is 0. The Morgan fingerprint density at radius 3 is 2.45 bits per heavy atom. The Bertz CT molecular complexity index is 2360. The maximum atomic E-state index is 13.4. The van der Waals surface area contributed by atoms with Crippen LogP contribution in [0.25, 0.3) is 22.3 Å². The van der Waals surface area contributed by atoms with E-state index in [-0.39, 0.29) is 35.9 Å². The summed E-state index contributed by atoms with van der Waals surface area (Å²) in [7, 11) is 0. The number of fused-ring (bicyclic) bond motifs is 2. The SMILES string of the molecule is Nc1ncnc2c1c(-c1ccc(Oc3ccccc3)cc1)nn2C1CCCN(C(=O)CCCCCCCNc2cccc3c2C(=O)N(C2CCC(=O)NC2=O)C3=O)C1. The number of anilines is 2. The molecule has 0 aliphatic carbocycles. The summed E-state index contributed by atoms with van der Waals surface area (Å²) in [5.41, 5.74) is 9.65. The Balaban J connectivity index is 0.806. The normalized spacial score (nSPS) is 18.1. The first-order valence-electron chi connectivity index (χ1n) is 19.9. The third kappa shape index (κ3) is 7.84. The first-order valence-corrected chi connectivity index (χ1v) is 19.9. The van der Waals surface area contributed by atoms with Crippen LogP contribution < -0.4 is 21.1 Å². The van der Waals surface area contributed by atoms with E-state index in [1.54, 1.807) is 18.2 Å². The number of amides is 5. The number of nitrogens with one attached hydrogen (secondary N) is 2. The van der Waals surface area contributed by atoms with E-state index in [4.69, 9.17) is 15.6 Å². The van der Waals surface area contributed by atoms with Crippen LogP contribution in [0, 0.1) is 0 Å². The minimum absolute atomic E-state index is 0.0591. The van der Waals surface area contributed by atoms with Gasteiger partial charge in [0, 0.05) is 43.7 Å². The Labute approximate surface area is 334 Å². The Kier molecular flexibility index (Phi) is 11.1. The molecule has 3 aromatic carbocycles. The molecule has 0 spiro atoms. The lowest BCUT2D eigenvalue weighted by Crippen LogP contribution is -2.54.